The number of nitrogens with one attached hydrogen (secondary N) is 3. The molecular weight excluding hydrogens is 422 g/mol. The fraction of sp³-hybridized carbons (Fsp3) is 0.308. The second-order valence-electron chi connectivity index (χ2n) is 8.11. The van der Waals surface area contributed by atoms with Gasteiger partial charge in [-0.1, -0.05) is 32.0 Å². The number of aryl methyl sites for hydroxylation is 3. The lowest BCUT2D eigenvalue weighted by atomic mass is 9.91. The van der Waals surface area contributed by atoms with Gasteiger partial charge in [0.25, 0.3) is 0 Å². The molecule has 1 heterocycles. The molecule has 0 saturated carbocycles. The van der Waals surface area contributed by atoms with Crippen molar-refractivity contribution in [1.82, 2.24) is 10.3 Å². The Labute approximate surface area is 192 Å². The van der Waals surface area contributed by atoms with Crippen LogP contribution in [0.4, 0.5) is 8.78 Å². The van der Waals surface area contributed by atoms with E-state index in [4.69, 9.17) is 5.41 Å². The molecule has 33 heavy (non-hydrogen) atoms. The van der Waals surface area contributed by atoms with Crippen molar-refractivity contribution in [2.24, 2.45) is 4.99 Å². The predicted octanol–water partition coefficient (Wildman–Crippen LogP) is 6.48. The number of amidine groups is 1. The summed E-state index contributed by atoms with van der Waals surface area (Å²) in [6, 6.07) is 10.6. The van der Waals surface area contributed by atoms with Gasteiger partial charge >= 0.3 is 6.55 Å². The molecule has 0 atom stereocenters. The average Bonchev–Trinajstić information content (AvgIpc) is 3.06. The number of alkyl halides is 2. The minimum atomic E-state index is -2.71. The van der Waals surface area contributed by atoms with Gasteiger partial charge in [0.1, 0.15) is 5.84 Å². The zero-order valence-corrected chi connectivity index (χ0v) is 19.6. The smallest absolute Gasteiger partial charge is 0.312 e. The van der Waals surface area contributed by atoms with E-state index >= 15 is 0 Å². The average molecular weight is 453 g/mol. The van der Waals surface area contributed by atoms with Gasteiger partial charge in [0, 0.05) is 22.7 Å². The minimum absolute atomic E-state index is 0.0382. The summed E-state index contributed by atoms with van der Waals surface area (Å²) in [5.41, 5.74) is 7.65. The van der Waals surface area contributed by atoms with E-state index in [0.717, 1.165) is 40.4 Å². The Bertz CT molecular complexity index is 1250. The molecule has 4 N–H and O–H groups in total. The number of H-pyrrole nitrogens is 1. The Morgan fingerprint density at radius 3 is 2.52 bits per heavy atom. The number of fused-ring (bicyclic) bond motifs is 1. The van der Waals surface area contributed by atoms with Gasteiger partial charge in [-0.3, -0.25) is 5.41 Å². The number of hydrogen-bond donors (Lipinski definition) is 4. The number of allylic oxidation sites excluding steroid dienone is 1. The fourth-order valence-corrected chi connectivity index (χ4v) is 4.05. The van der Waals surface area contributed by atoms with Gasteiger partial charge in [0.05, 0.1) is 11.3 Å². The van der Waals surface area contributed by atoms with E-state index in [9.17, 15) is 13.9 Å². The van der Waals surface area contributed by atoms with E-state index in [2.05, 4.69) is 55.0 Å². The monoisotopic (exact) mass is 452 g/mol. The maximum atomic E-state index is 12.5. The molecule has 0 amide bonds. The van der Waals surface area contributed by atoms with Gasteiger partial charge in [-0.05, 0) is 73.6 Å². The maximum absolute atomic E-state index is 12.5. The molecular formula is C26H30F2N4O. The number of aromatic nitrogens is 1. The highest BCUT2D eigenvalue weighted by Gasteiger charge is 2.18. The highest BCUT2D eigenvalue weighted by molar-refractivity contribution is 6.16. The van der Waals surface area contributed by atoms with Crippen LogP contribution in [0.15, 0.2) is 47.1 Å². The van der Waals surface area contributed by atoms with Crippen LogP contribution < -0.4 is 5.32 Å². The van der Waals surface area contributed by atoms with Crippen LogP contribution in [-0.2, 0) is 12.8 Å². The molecule has 0 aliphatic heterocycles. The first-order chi connectivity index (χ1) is 15.6. The second kappa shape index (κ2) is 9.98. The van der Waals surface area contributed by atoms with Crippen LogP contribution in [0.2, 0.25) is 0 Å². The van der Waals surface area contributed by atoms with Crippen LogP contribution in [0, 0.1) is 12.3 Å². The summed E-state index contributed by atoms with van der Waals surface area (Å²) in [5.74, 6) is -0.229. The number of nitrogens with zero attached hydrogens (tertiary/aromatic N) is 1. The zero-order chi connectivity index (χ0) is 24.3. The lowest BCUT2D eigenvalue weighted by molar-refractivity contribution is 0.121. The molecule has 0 unspecified atom stereocenters. The summed E-state index contributed by atoms with van der Waals surface area (Å²) in [6.45, 7) is 6.74. The summed E-state index contributed by atoms with van der Waals surface area (Å²) in [6.07, 6.45) is 2.99. The van der Waals surface area contributed by atoms with Crippen molar-refractivity contribution < 1.29 is 13.9 Å². The van der Waals surface area contributed by atoms with Gasteiger partial charge < -0.3 is 15.4 Å². The molecule has 0 fully saturated rings. The van der Waals surface area contributed by atoms with Crippen molar-refractivity contribution in [1.29, 1.82) is 5.41 Å². The third-order valence-corrected chi connectivity index (χ3v) is 5.72. The maximum Gasteiger partial charge on any atom is 0.312 e. The predicted molar refractivity (Wildman–Crippen MR) is 132 cm³/mol. The summed E-state index contributed by atoms with van der Waals surface area (Å²) in [7, 11) is 0. The first-order valence-electron chi connectivity index (χ1n) is 11.0. The number of hydrogen-bond acceptors (Lipinski definition) is 3. The number of benzene rings is 2. The van der Waals surface area contributed by atoms with Gasteiger partial charge in [0.2, 0.25) is 0 Å². The van der Waals surface area contributed by atoms with Gasteiger partial charge in [-0.2, -0.15) is 8.78 Å². The van der Waals surface area contributed by atoms with Crippen molar-refractivity contribution in [3.63, 3.8) is 0 Å². The second-order valence-corrected chi connectivity index (χ2v) is 8.11. The molecule has 3 aromatic rings. The van der Waals surface area contributed by atoms with Gasteiger partial charge in [-0.25, -0.2) is 4.99 Å². The lowest BCUT2D eigenvalue weighted by Crippen LogP contribution is -2.18. The fourth-order valence-electron chi connectivity index (χ4n) is 4.05. The summed E-state index contributed by atoms with van der Waals surface area (Å²) >= 11 is 0. The van der Waals surface area contributed by atoms with E-state index < -0.39 is 6.55 Å². The van der Waals surface area contributed by atoms with Crippen LogP contribution >= 0.6 is 0 Å². The van der Waals surface area contributed by atoms with Crippen LogP contribution in [-0.4, -0.2) is 28.2 Å². The molecule has 7 heteroatoms. The SMILES string of the molecule is CCc1ccc(C)c(-c2cc3c(C(C)=NC(=N)/C=C(/C)NC(F)F)c(O)[nH]c3cc2CC)c1. The molecule has 0 aliphatic carbocycles. The number of aliphatic imine (C=N–C) groups is 1. The van der Waals surface area contributed by atoms with E-state index in [-0.39, 0.29) is 17.4 Å². The van der Waals surface area contributed by atoms with Crippen molar-refractivity contribution >= 4 is 22.5 Å². The molecule has 174 valence electrons. The number of halogens is 2. The van der Waals surface area contributed by atoms with Crippen LogP contribution in [0.5, 0.6) is 5.88 Å². The first-order valence-corrected chi connectivity index (χ1v) is 11.0. The number of rotatable bonds is 7. The van der Waals surface area contributed by atoms with E-state index in [1.54, 1.807) is 6.92 Å². The van der Waals surface area contributed by atoms with Gasteiger partial charge in [0.15, 0.2) is 5.88 Å². The van der Waals surface area contributed by atoms with Crippen LogP contribution in [0.25, 0.3) is 22.0 Å². The van der Waals surface area contributed by atoms with E-state index in [0.29, 0.717) is 11.3 Å². The van der Waals surface area contributed by atoms with E-state index in [1.807, 2.05) is 11.4 Å². The molecule has 5 nitrogen and oxygen atoms in total. The van der Waals surface area contributed by atoms with E-state index in [1.165, 1.54) is 24.1 Å². The Kier molecular flexibility index (Phi) is 7.31. The Balaban J connectivity index is 2.14. The zero-order valence-electron chi connectivity index (χ0n) is 19.6. The summed E-state index contributed by atoms with van der Waals surface area (Å²) < 4.78 is 24.9. The Hall–Kier alpha value is -3.48. The summed E-state index contributed by atoms with van der Waals surface area (Å²) in [4.78, 5) is 7.24. The molecule has 0 spiro atoms. The van der Waals surface area contributed by atoms with Crippen molar-refractivity contribution in [2.75, 3.05) is 0 Å². The molecule has 0 aliphatic rings. The lowest BCUT2D eigenvalue weighted by Gasteiger charge is -2.14. The molecule has 2 aromatic carbocycles. The van der Waals surface area contributed by atoms with Crippen molar-refractivity contribution in [2.45, 2.75) is 54.0 Å². The van der Waals surface area contributed by atoms with Crippen LogP contribution in [0.1, 0.15) is 49.9 Å². The molecule has 1 aromatic heterocycles. The van der Waals surface area contributed by atoms with Crippen molar-refractivity contribution in [3.8, 4) is 17.0 Å². The largest absolute Gasteiger partial charge is 0.494 e. The highest BCUT2D eigenvalue weighted by atomic mass is 19.3. The number of aromatic amines is 1. The Morgan fingerprint density at radius 2 is 1.88 bits per heavy atom. The normalized spacial score (nSPS) is 12.6. The standard InChI is InChI=1S/C26H30F2N4O/c1-6-17-9-8-14(3)19(11-17)20-13-21-22(12-18(20)7-2)32-25(33)24(21)16(5)31-23(29)10-15(4)30-26(27)28/h8-13,26,29-30,32-33H,6-7H2,1-5H3/b15-10-,29-23?,31-16?. The third-order valence-electron chi connectivity index (χ3n) is 5.72. The van der Waals surface area contributed by atoms with Gasteiger partial charge in [-0.15, -0.1) is 0 Å². The minimum Gasteiger partial charge on any atom is -0.494 e. The molecule has 0 saturated heterocycles. The quantitative estimate of drug-likeness (QED) is 0.188. The molecule has 0 radical (unpaired) electrons. The third kappa shape index (κ3) is 5.30. The topological polar surface area (TPSA) is 84.3 Å². The number of aromatic hydroxyl groups is 1. The molecule has 3 rings (SSSR count). The van der Waals surface area contributed by atoms with Crippen LogP contribution in [0.3, 0.4) is 0 Å². The van der Waals surface area contributed by atoms with Crippen molar-refractivity contribution in [3.05, 3.63) is 64.4 Å². The summed E-state index contributed by atoms with van der Waals surface area (Å²) in [5, 5.41) is 21.4. The highest BCUT2D eigenvalue weighted by Crippen LogP contribution is 2.36. The first kappa shape index (κ1) is 24.2. The molecule has 0 bridgehead atoms. The Morgan fingerprint density at radius 1 is 1.15 bits per heavy atom.